The summed E-state index contributed by atoms with van der Waals surface area (Å²) in [5, 5.41) is 13.0. The van der Waals surface area contributed by atoms with Gasteiger partial charge in [-0.25, -0.2) is 0 Å². The van der Waals surface area contributed by atoms with Crippen molar-refractivity contribution >= 4 is 5.97 Å². The maximum Gasteiger partial charge on any atom is 0.305 e. The molecule has 1 rings (SSSR count). The Balaban J connectivity index is 2.56. The molecule has 6 heteroatoms. The van der Waals surface area contributed by atoms with Gasteiger partial charge in [0.25, 0.3) is 0 Å². The molecule has 1 N–H and O–H groups in total. The normalized spacial score (nSPS) is 11.4. The lowest BCUT2D eigenvalue weighted by atomic mass is 10.0. The molecule has 1 aromatic rings. The minimum absolute atomic E-state index is 0.0119. The van der Waals surface area contributed by atoms with E-state index in [-0.39, 0.29) is 12.5 Å². The fraction of sp³-hybridized carbons (Fsp3) is 0.417. The number of carbonyl (C=O) groups is 1. The summed E-state index contributed by atoms with van der Waals surface area (Å²) in [4.78, 5) is 13.6. The standard InChI is InChI=1S/C12H15N3O3/c1-18-12(17)7-4-9-2-5-10(6-3-9)11(16)8-14-15-13/h2-3,5-6,11,16H,4,7-8H2,1H3. The van der Waals surface area contributed by atoms with Gasteiger partial charge in [0.1, 0.15) is 0 Å². The van der Waals surface area contributed by atoms with Gasteiger partial charge in [-0.1, -0.05) is 29.4 Å². The molecule has 0 amide bonds. The van der Waals surface area contributed by atoms with Gasteiger partial charge in [-0.2, -0.15) is 0 Å². The fourth-order valence-electron chi connectivity index (χ4n) is 1.47. The number of nitrogens with zero attached hydrogens (tertiary/aromatic N) is 3. The van der Waals surface area contributed by atoms with Crippen molar-refractivity contribution in [3.8, 4) is 0 Å². The Labute approximate surface area is 105 Å². The van der Waals surface area contributed by atoms with Crippen molar-refractivity contribution in [3.05, 3.63) is 45.8 Å². The molecule has 1 aromatic carbocycles. The first kappa shape index (κ1) is 14.0. The zero-order chi connectivity index (χ0) is 13.4. The number of methoxy groups -OCH3 is 1. The fourth-order valence-corrected chi connectivity index (χ4v) is 1.47. The van der Waals surface area contributed by atoms with E-state index in [4.69, 9.17) is 5.53 Å². The van der Waals surface area contributed by atoms with E-state index in [9.17, 15) is 9.90 Å². The molecular weight excluding hydrogens is 234 g/mol. The Morgan fingerprint density at radius 2 is 2.17 bits per heavy atom. The zero-order valence-electron chi connectivity index (χ0n) is 10.1. The first-order valence-corrected chi connectivity index (χ1v) is 5.52. The quantitative estimate of drug-likeness (QED) is 0.362. The molecule has 0 aliphatic heterocycles. The number of hydrogen-bond donors (Lipinski definition) is 1. The number of azide groups is 1. The molecule has 6 nitrogen and oxygen atoms in total. The summed E-state index contributed by atoms with van der Waals surface area (Å²) >= 11 is 0. The Hall–Kier alpha value is -2.04. The number of aliphatic hydroxyl groups is 1. The van der Waals surface area contributed by atoms with Crippen LogP contribution < -0.4 is 0 Å². The van der Waals surface area contributed by atoms with Crippen molar-refractivity contribution in [2.45, 2.75) is 18.9 Å². The predicted molar refractivity (Wildman–Crippen MR) is 65.8 cm³/mol. The summed E-state index contributed by atoms with van der Waals surface area (Å²) in [6, 6.07) is 7.17. The van der Waals surface area contributed by atoms with Crippen LogP contribution in [0.4, 0.5) is 0 Å². The lowest BCUT2D eigenvalue weighted by Crippen LogP contribution is -2.03. The lowest BCUT2D eigenvalue weighted by Gasteiger charge is -2.08. The molecule has 0 aliphatic rings. The van der Waals surface area contributed by atoms with E-state index in [1.54, 1.807) is 12.1 Å². The number of carbonyl (C=O) groups excluding carboxylic acids is 1. The van der Waals surface area contributed by atoms with Crippen molar-refractivity contribution in [1.29, 1.82) is 0 Å². The Morgan fingerprint density at radius 1 is 1.50 bits per heavy atom. The van der Waals surface area contributed by atoms with Crippen molar-refractivity contribution in [1.82, 2.24) is 0 Å². The van der Waals surface area contributed by atoms with Crippen LogP contribution in [-0.4, -0.2) is 24.7 Å². The minimum atomic E-state index is -0.796. The van der Waals surface area contributed by atoms with Gasteiger partial charge in [0.2, 0.25) is 0 Å². The average Bonchev–Trinajstić information content (AvgIpc) is 2.42. The number of benzene rings is 1. The van der Waals surface area contributed by atoms with Crippen molar-refractivity contribution in [2.24, 2.45) is 5.11 Å². The summed E-state index contributed by atoms with van der Waals surface area (Å²) in [6.07, 6.45) is 0.131. The second-order valence-electron chi connectivity index (χ2n) is 3.75. The van der Waals surface area contributed by atoms with Crippen LogP contribution in [0, 0.1) is 0 Å². The molecule has 0 bridgehead atoms. The van der Waals surface area contributed by atoms with E-state index >= 15 is 0 Å². The second-order valence-corrected chi connectivity index (χ2v) is 3.75. The van der Waals surface area contributed by atoms with Gasteiger partial charge in [0, 0.05) is 11.3 Å². The SMILES string of the molecule is COC(=O)CCc1ccc(C(O)CN=[N+]=[N-])cc1. The third-order valence-corrected chi connectivity index (χ3v) is 2.53. The highest BCUT2D eigenvalue weighted by molar-refractivity contribution is 5.69. The van der Waals surface area contributed by atoms with E-state index in [1.807, 2.05) is 12.1 Å². The third kappa shape index (κ3) is 4.45. The van der Waals surface area contributed by atoms with Crippen LogP contribution in [0.25, 0.3) is 10.4 Å². The van der Waals surface area contributed by atoms with E-state index in [2.05, 4.69) is 14.8 Å². The highest BCUT2D eigenvalue weighted by Gasteiger charge is 2.06. The molecule has 0 aromatic heterocycles. The summed E-state index contributed by atoms with van der Waals surface area (Å²) in [5.74, 6) is -0.248. The van der Waals surface area contributed by atoms with Gasteiger partial charge in [-0.05, 0) is 23.1 Å². The molecular formula is C12H15N3O3. The Bertz CT molecular complexity index is 438. The molecule has 0 heterocycles. The number of hydrogen-bond acceptors (Lipinski definition) is 4. The second kappa shape index (κ2) is 7.32. The van der Waals surface area contributed by atoms with Crippen LogP contribution in [-0.2, 0) is 16.0 Å². The number of ether oxygens (including phenoxy) is 1. The first-order chi connectivity index (χ1) is 8.67. The molecule has 0 aliphatic carbocycles. The zero-order valence-corrected chi connectivity index (χ0v) is 10.1. The van der Waals surface area contributed by atoms with Gasteiger partial charge >= 0.3 is 5.97 Å². The van der Waals surface area contributed by atoms with Crippen molar-refractivity contribution in [2.75, 3.05) is 13.7 Å². The predicted octanol–water partition coefficient (Wildman–Crippen LogP) is 2.14. The number of esters is 1. The van der Waals surface area contributed by atoms with Gasteiger partial charge in [-0.15, -0.1) is 0 Å². The van der Waals surface area contributed by atoms with Crippen molar-refractivity contribution < 1.29 is 14.6 Å². The molecule has 0 fully saturated rings. The van der Waals surface area contributed by atoms with Crippen LogP contribution in [0.5, 0.6) is 0 Å². The van der Waals surface area contributed by atoms with Gasteiger partial charge in [0.05, 0.1) is 19.8 Å². The summed E-state index contributed by atoms with van der Waals surface area (Å²) in [6.45, 7) is 0.0119. The van der Waals surface area contributed by atoms with Crippen LogP contribution in [0.2, 0.25) is 0 Å². The molecule has 18 heavy (non-hydrogen) atoms. The van der Waals surface area contributed by atoms with Crippen LogP contribution in [0.1, 0.15) is 23.7 Å². The van der Waals surface area contributed by atoms with Gasteiger partial charge in [0.15, 0.2) is 0 Å². The Kier molecular flexibility index (Phi) is 5.70. The largest absolute Gasteiger partial charge is 0.469 e. The maximum atomic E-state index is 11.0. The molecule has 0 radical (unpaired) electrons. The topological polar surface area (TPSA) is 95.3 Å². The molecule has 1 unspecified atom stereocenters. The highest BCUT2D eigenvalue weighted by atomic mass is 16.5. The van der Waals surface area contributed by atoms with Gasteiger partial charge in [-0.3, -0.25) is 4.79 Å². The van der Waals surface area contributed by atoms with Crippen molar-refractivity contribution in [3.63, 3.8) is 0 Å². The van der Waals surface area contributed by atoms with E-state index in [0.29, 0.717) is 18.4 Å². The maximum absolute atomic E-state index is 11.0. The van der Waals surface area contributed by atoms with Crippen LogP contribution in [0.3, 0.4) is 0 Å². The summed E-state index contributed by atoms with van der Waals surface area (Å²) in [5.41, 5.74) is 9.83. The number of aryl methyl sites for hydroxylation is 1. The summed E-state index contributed by atoms with van der Waals surface area (Å²) in [7, 11) is 1.36. The lowest BCUT2D eigenvalue weighted by molar-refractivity contribution is -0.140. The monoisotopic (exact) mass is 249 g/mol. The van der Waals surface area contributed by atoms with E-state index < -0.39 is 6.10 Å². The smallest absolute Gasteiger partial charge is 0.305 e. The highest BCUT2D eigenvalue weighted by Crippen LogP contribution is 2.15. The number of rotatable bonds is 6. The van der Waals surface area contributed by atoms with E-state index in [0.717, 1.165) is 5.56 Å². The Morgan fingerprint density at radius 3 is 2.72 bits per heavy atom. The number of aliphatic hydroxyl groups excluding tert-OH is 1. The molecule has 0 saturated heterocycles. The third-order valence-electron chi connectivity index (χ3n) is 2.53. The van der Waals surface area contributed by atoms with Gasteiger partial charge < -0.3 is 9.84 Å². The molecule has 0 spiro atoms. The van der Waals surface area contributed by atoms with Crippen LogP contribution >= 0.6 is 0 Å². The van der Waals surface area contributed by atoms with Crippen LogP contribution in [0.15, 0.2) is 29.4 Å². The molecule has 96 valence electrons. The summed E-state index contributed by atoms with van der Waals surface area (Å²) < 4.78 is 4.55. The first-order valence-electron chi connectivity index (χ1n) is 5.52. The van der Waals surface area contributed by atoms with E-state index in [1.165, 1.54) is 7.11 Å². The average molecular weight is 249 g/mol. The minimum Gasteiger partial charge on any atom is -0.469 e. The molecule has 0 saturated carbocycles. The molecule has 1 atom stereocenters.